The number of aryl methyl sites for hydroxylation is 1. The molecule has 1 aliphatic rings. The van der Waals surface area contributed by atoms with E-state index in [0.29, 0.717) is 19.4 Å². The highest BCUT2D eigenvalue weighted by Gasteiger charge is 2.15. The second kappa shape index (κ2) is 6.43. The van der Waals surface area contributed by atoms with Crippen molar-refractivity contribution in [3.63, 3.8) is 0 Å². The Kier molecular flexibility index (Phi) is 3.98. The summed E-state index contributed by atoms with van der Waals surface area (Å²) in [5.74, 6) is 0.0584. The van der Waals surface area contributed by atoms with Gasteiger partial charge in [-0.15, -0.1) is 0 Å². The number of anilines is 1. The number of aromatic amines is 1. The Balaban J connectivity index is 1.40. The predicted molar refractivity (Wildman–Crippen MR) is 97.2 cm³/mol. The molecule has 0 saturated heterocycles. The number of carbonyl (C=O) groups excluding carboxylic acids is 2. The molecule has 0 unspecified atom stereocenters. The lowest BCUT2D eigenvalue weighted by Crippen LogP contribution is -2.25. The molecule has 126 valence electrons. The molecule has 1 aliphatic heterocycles. The second-order valence-electron chi connectivity index (χ2n) is 6.35. The van der Waals surface area contributed by atoms with E-state index in [1.807, 2.05) is 42.6 Å². The summed E-state index contributed by atoms with van der Waals surface area (Å²) in [6.07, 6.45) is 3.51. The molecule has 5 heteroatoms. The second-order valence-corrected chi connectivity index (χ2v) is 6.35. The van der Waals surface area contributed by atoms with Crippen LogP contribution in [0.5, 0.6) is 0 Å². The first kappa shape index (κ1) is 15.4. The van der Waals surface area contributed by atoms with Crippen molar-refractivity contribution in [3.05, 3.63) is 65.4 Å². The average molecular weight is 333 g/mol. The molecule has 0 saturated carbocycles. The van der Waals surface area contributed by atoms with E-state index in [2.05, 4.69) is 21.7 Å². The molecule has 0 bridgehead atoms. The Labute approximate surface area is 145 Å². The van der Waals surface area contributed by atoms with Gasteiger partial charge in [-0.3, -0.25) is 9.59 Å². The van der Waals surface area contributed by atoms with Crippen molar-refractivity contribution < 1.29 is 9.59 Å². The number of carbonyl (C=O) groups is 2. The minimum absolute atomic E-state index is 0.00391. The molecule has 3 aromatic rings. The van der Waals surface area contributed by atoms with E-state index in [0.717, 1.165) is 39.7 Å². The van der Waals surface area contributed by atoms with Crippen LogP contribution in [0.15, 0.2) is 48.7 Å². The molecule has 5 nitrogen and oxygen atoms in total. The number of fused-ring (bicyclic) bond motifs is 2. The van der Waals surface area contributed by atoms with Crippen molar-refractivity contribution in [2.45, 2.75) is 25.8 Å². The Bertz CT molecular complexity index is 958. The molecule has 2 heterocycles. The van der Waals surface area contributed by atoms with E-state index in [1.165, 1.54) is 0 Å². The molecule has 4 rings (SSSR count). The molecule has 2 amide bonds. The third kappa shape index (κ3) is 3.26. The summed E-state index contributed by atoms with van der Waals surface area (Å²) in [5.41, 5.74) is 5.10. The van der Waals surface area contributed by atoms with Gasteiger partial charge in [-0.25, -0.2) is 0 Å². The molecular weight excluding hydrogens is 314 g/mol. The van der Waals surface area contributed by atoms with Gasteiger partial charge in [0.25, 0.3) is 0 Å². The maximum atomic E-state index is 12.3. The van der Waals surface area contributed by atoms with Crippen LogP contribution in [0.4, 0.5) is 5.69 Å². The van der Waals surface area contributed by atoms with Gasteiger partial charge >= 0.3 is 0 Å². The standard InChI is InChI=1S/C20H19N3O2/c24-19-8-6-14-9-13(5-7-17(14)23-19)11-22-20(25)10-15-12-21-18-4-2-1-3-16(15)18/h1-5,7,9,12,21H,6,8,10-11H2,(H,22,25)(H,23,24). The van der Waals surface area contributed by atoms with Gasteiger partial charge < -0.3 is 15.6 Å². The zero-order chi connectivity index (χ0) is 17.2. The van der Waals surface area contributed by atoms with E-state index < -0.39 is 0 Å². The Hall–Kier alpha value is -3.08. The van der Waals surface area contributed by atoms with Crippen LogP contribution >= 0.6 is 0 Å². The van der Waals surface area contributed by atoms with Gasteiger partial charge in [-0.1, -0.05) is 30.3 Å². The minimum atomic E-state index is -0.00391. The summed E-state index contributed by atoms with van der Waals surface area (Å²) < 4.78 is 0. The molecule has 0 aliphatic carbocycles. The number of H-pyrrole nitrogens is 1. The molecule has 0 radical (unpaired) electrons. The van der Waals surface area contributed by atoms with Crippen LogP contribution in [0, 0.1) is 0 Å². The van der Waals surface area contributed by atoms with Crippen molar-refractivity contribution in [2.24, 2.45) is 0 Å². The highest BCUT2D eigenvalue weighted by atomic mass is 16.2. The highest BCUT2D eigenvalue weighted by Crippen LogP contribution is 2.23. The zero-order valence-corrected chi connectivity index (χ0v) is 13.8. The molecule has 3 N–H and O–H groups in total. The van der Waals surface area contributed by atoms with Crippen LogP contribution < -0.4 is 10.6 Å². The molecule has 0 atom stereocenters. The summed E-state index contributed by atoms with van der Waals surface area (Å²) in [7, 11) is 0. The number of hydrogen-bond acceptors (Lipinski definition) is 2. The van der Waals surface area contributed by atoms with Gasteiger partial charge in [-0.2, -0.15) is 0 Å². The first-order valence-electron chi connectivity index (χ1n) is 8.42. The number of hydrogen-bond donors (Lipinski definition) is 3. The summed E-state index contributed by atoms with van der Waals surface area (Å²) in [4.78, 5) is 26.9. The smallest absolute Gasteiger partial charge is 0.224 e. The quantitative estimate of drug-likeness (QED) is 0.687. The fraction of sp³-hybridized carbons (Fsp3) is 0.200. The summed E-state index contributed by atoms with van der Waals surface area (Å²) in [6, 6.07) is 13.9. The molecule has 1 aromatic heterocycles. The van der Waals surface area contributed by atoms with E-state index in [1.54, 1.807) is 0 Å². The van der Waals surface area contributed by atoms with Gasteiger partial charge in [0.15, 0.2) is 0 Å². The van der Waals surface area contributed by atoms with Crippen molar-refractivity contribution in [1.82, 2.24) is 10.3 Å². The highest BCUT2D eigenvalue weighted by molar-refractivity contribution is 5.94. The molecule has 0 fully saturated rings. The van der Waals surface area contributed by atoms with Crippen molar-refractivity contribution >= 4 is 28.4 Å². The largest absolute Gasteiger partial charge is 0.361 e. The van der Waals surface area contributed by atoms with Crippen LogP contribution in [-0.4, -0.2) is 16.8 Å². The number of benzene rings is 2. The zero-order valence-electron chi connectivity index (χ0n) is 13.8. The lowest BCUT2D eigenvalue weighted by Gasteiger charge is -2.17. The van der Waals surface area contributed by atoms with Gasteiger partial charge in [-0.05, 0) is 35.2 Å². The number of aromatic nitrogens is 1. The maximum Gasteiger partial charge on any atom is 0.224 e. The van der Waals surface area contributed by atoms with E-state index in [4.69, 9.17) is 0 Å². The Morgan fingerprint density at radius 3 is 2.92 bits per heavy atom. The SMILES string of the molecule is O=C(Cc1c[nH]c2ccccc12)NCc1ccc2c(c1)CCC(=O)N2. The molecular formula is C20H19N3O2. The predicted octanol–water partition coefficient (Wildman–Crippen LogP) is 2.91. The van der Waals surface area contributed by atoms with Crippen LogP contribution in [0.1, 0.15) is 23.1 Å². The number of nitrogens with one attached hydrogen (secondary N) is 3. The maximum absolute atomic E-state index is 12.3. The van der Waals surface area contributed by atoms with E-state index >= 15 is 0 Å². The fourth-order valence-corrected chi connectivity index (χ4v) is 3.26. The van der Waals surface area contributed by atoms with Gasteiger partial charge in [0.05, 0.1) is 6.42 Å². The molecule has 2 aromatic carbocycles. The molecule has 0 spiro atoms. The van der Waals surface area contributed by atoms with Crippen molar-refractivity contribution in [3.8, 4) is 0 Å². The van der Waals surface area contributed by atoms with E-state index in [9.17, 15) is 9.59 Å². The number of para-hydroxylation sites is 1. The van der Waals surface area contributed by atoms with Gasteiger partial charge in [0.2, 0.25) is 11.8 Å². The van der Waals surface area contributed by atoms with Crippen LogP contribution in [0.25, 0.3) is 10.9 Å². The Morgan fingerprint density at radius 1 is 1.12 bits per heavy atom. The first-order valence-corrected chi connectivity index (χ1v) is 8.42. The summed E-state index contributed by atoms with van der Waals surface area (Å²) in [6.45, 7) is 0.489. The minimum Gasteiger partial charge on any atom is -0.361 e. The number of amides is 2. The number of rotatable bonds is 4. The topological polar surface area (TPSA) is 74.0 Å². The Morgan fingerprint density at radius 2 is 2.00 bits per heavy atom. The van der Waals surface area contributed by atoms with Gasteiger partial charge in [0, 0.05) is 35.8 Å². The van der Waals surface area contributed by atoms with Crippen LogP contribution in [0.3, 0.4) is 0 Å². The summed E-state index contributed by atoms with van der Waals surface area (Å²) in [5, 5.41) is 6.93. The summed E-state index contributed by atoms with van der Waals surface area (Å²) >= 11 is 0. The average Bonchev–Trinajstić information content (AvgIpc) is 3.03. The normalized spacial score (nSPS) is 13.4. The van der Waals surface area contributed by atoms with Crippen molar-refractivity contribution in [2.75, 3.05) is 5.32 Å². The van der Waals surface area contributed by atoms with E-state index in [-0.39, 0.29) is 11.8 Å². The van der Waals surface area contributed by atoms with Crippen molar-refractivity contribution in [1.29, 1.82) is 0 Å². The van der Waals surface area contributed by atoms with Gasteiger partial charge in [0.1, 0.15) is 0 Å². The fourth-order valence-electron chi connectivity index (χ4n) is 3.26. The van der Waals surface area contributed by atoms with Crippen LogP contribution in [-0.2, 0) is 29.0 Å². The monoisotopic (exact) mass is 333 g/mol. The lowest BCUT2D eigenvalue weighted by atomic mass is 10.0. The third-order valence-corrected chi connectivity index (χ3v) is 4.58. The van der Waals surface area contributed by atoms with Crippen LogP contribution in [0.2, 0.25) is 0 Å². The third-order valence-electron chi connectivity index (χ3n) is 4.58. The first-order chi connectivity index (χ1) is 12.2. The lowest BCUT2D eigenvalue weighted by molar-refractivity contribution is -0.120. The molecule has 25 heavy (non-hydrogen) atoms.